The SMILES string of the molecule is CCCCc1nc2ccc(Br)cc2c(=O)n1N=Cc1cc(I)c(OCc2ccccc2)c(I)c1. The highest BCUT2D eigenvalue weighted by Gasteiger charge is 2.12. The third-order valence-electron chi connectivity index (χ3n) is 5.20. The molecule has 3 aromatic carbocycles. The smallest absolute Gasteiger partial charge is 0.282 e. The van der Waals surface area contributed by atoms with E-state index in [9.17, 15) is 4.79 Å². The van der Waals surface area contributed by atoms with Crippen LogP contribution in [0.5, 0.6) is 5.75 Å². The van der Waals surface area contributed by atoms with Gasteiger partial charge < -0.3 is 4.74 Å². The number of hydrogen-bond donors (Lipinski definition) is 0. The molecule has 34 heavy (non-hydrogen) atoms. The molecular formula is C26H22BrI2N3O2. The summed E-state index contributed by atoms with van der Waals surface area (Å²) in [6.07, 6.45) is 4.36. The molecule has 0 aliphatic heterocycles. The monoisotopic (exact) mass is 741 g/mol. The summed E-state index contributed by atoms with van der Waals surface area (Å²) in [5, 5.41) is 5.11. The molecule has 0 aliphatic rings. The third kappa shape index (κ3) is 6.06. The van der Waals surface area contributed by atoms with Crippen molar-refractivity contribution in [1.29, 1.82) is 0 Å². The van der Waals surface area contributed by atoms with Crippen LogP contribution in [0.25, 0.3) is 10.9 Å². The number of rotatable bonds is 8. The fourth-order valence-electron chi connectivity index (χ4n) is 3.46. The van der Waals surface area contributed by atoms with Gasteiger partial charge in [-0.25, -0.2) is 4.98 Å². The molecule has 0 aliphatic carbocycles. The number of aromatic nitrogens is 2. The molecule has 0 bridgehead atoms. The summed E-state index contributed by atoms with van der Waals surface area (Å²) in [6, 6.07) is 19.7. The van der Waals surface area contributed by atoms with Crippen molar-refractivity contribution in [3.05, 3.63) is 99.6 Å². The third-order valence-corrected chi connectivity index (χ3v) is 7.29. The first-order chi connectivity index (χ1) is 16.5. The van der Waals surface area contributed by atoms with Crippen LogP contribution in [0.15, 0.2) is 75.0 Å². The molecule has 1 heterocycles. The van der Waals surface area contributed by atoms with E-state index in [0.717, 1.165) is 41.3 Å². The number of nitrogens with zero attached hydrogens (tertiary/aromatic N) is 3. The zero-order valence-corrected chi connectivity index (χ0v) is 24.4. The molecule has 0 N–H and O–H groups in total. The Balaban J connectivity index is 1.65. The number of aryl methyl sites for hydroxylation is 1. The molecule has 0 atom stereocenters. The zero-order valence-electron chi connectivity index (χ0n) is 18.5. The molecule has 0 spiro atoms. The van der Waals surface area contributed by atoms with E-state index in [2.05, 4.69) is 73.1 Å². The lowest BCUT2D eigenvalue weighted by Gasteiger charge is -2.12. The average Bonchev–Trinajstić information content (AvgIpc) is 2.83. The zero-order chi connectivity index (χ0) is 24.1. The van der Waals surface area contributed by atoms with E-state index in [-0.39, 0.29) is 5.56 Å². The van der Waals surface area contributed by atoms with Crippen LogP contribution >= 0.6 is 61.1 Å². The minimum absolute atomic E-state index is 0.166. The van der Waals surface area contributed by atoms with Crippen LogP contribution in [-0.4, -0.2) is 15.9 Å². The second kappa shape index (κ2) is 11.8. The van der Waals surface area contributed by atoms with Gasteiger partial charge in [-0.1, -0.05) is 59.6 Å². The lowest BCUT2D eigenvalue weighted by atomic mass is 10.2. The first-order valence-electron chi connectivity index (χ1n) is 10.9. The summed E-state index contributed by atoms with van der Waals surface area (Å²) in [7, 11) is 0. The minimum atomic E-state index is -0.166. The summed E-state index contributed by atoms with van der Waals surface area (Å²) in [6.45, 7) is 2.63. The lowest BCUT2D eigenvalue weighted by Crippen LogP contribution is -2.22. The summed E-state index contributed by atoms with van der Waals surface area (Å²) < 4.78 is 10.3. The van der Waals surface area contributed by atoms with E-state index in [0.29, 0.717) is 29.8 Å². The summed E-state index contributed by atoms with van der Waals surface area (Å²) >= 11 is 8.01. The van der Waals surface area contributed by atoms with E-state index in [1.807, 2.05) is 54.6 Å². The van der Waals surface area contributed by atoms with Gasteiger partial charge in [0.25, 0.3) is 5.56 Å². The Morgan fingerprint density at radius 1 is 1.09 bits per heavy atom. The first kappa shape index (κ1) is 25.3. The van der Waals surface area contributed by atoms with Gasteiger partial charge in [0, 0.05) is 10.9 Å². The minimum Gasteiger partial charge on any atom is -0.487 e. The number of ether oxygens (including phenoxy) is 1. The Bertz CT molecular complexity index is 1380. The second-order valence-corrected chi connectivity index (χ2v) is 11.0. The maximum Gasteiger partial charge on any atom is 0.282 e. The van der Waals surface area contributed by atoms with Crippen molar-refractivity contribution < 1.29 is 4.74 Å². The van der Waals surface area contributed by atoms with Crippen LogP contribution < -0.4 is 10.3 Å². The Labute approximate surface area is 234 Å². The topological polar surface area (TPSA) is 56.5 Å². The largest absolute Gasteiger partial charge is 0.487 e. The molecule has 4 rings (SSSR count). The maximum atomic E-state index is 13.3. The highest BCUT2D eigenvalue weighted by molar-refractivity contribution is 14.1. The second-order valence-electron chi connectivity index (χ2n) is 7.74. The molecule has 174 valence electrons. The molecule has 0 radical (unpaired) electrons. The van der Waals surface area contributed by atoms with Gasteiger partial charge in [-0.3, -0.25) is 4.79 Å². The number of fused-ring (bicyclic) bond motifs is 1. The number of unbranched alkanes of at least 4 members (excludes halogenated alkanes) is 1. The Kier molecular flexibility index (Phi) is 8.75. The highest BCUT2D eigenvalue weighted by Crippen LogP contribution is 2.29. The van der Waals surface area contributed by atoms with Gasteiger partial charge in [-0.2, -0.15) is 9.78 Å². The van der Waals surface area contributed by atoms with Crippen LogP contribution in [0.4, 0.5) is 0 Å². The van der Waals surface area contributed by atoms with E-state index < -0.39 is 0 Å². The van der Waals surface area contributed by atoms with Crippen molar-refractivity contribution in [3.8, 4) is 5.75 Å². The van der Waals surface area contributed by atoms with Crippen LogP contribution in [0, 0.1) is 7.14 Å². The van der Waals surface area contributed by atoms with E-state index in [4.69, 9.17) is 9.72 Å². The highest BCUT2D eigenvalue weighted by atomic mass is 127. The fourth-order valence-corrected chi connectivity index (χ4v) is 5.95. The lowest BCUT2D eigenvalue weighted by molar-refractivity contribution is 0.302. The standard InChI is InChI=1S/C26H22BrI2N3O2/c1-2-3-9-24-31-23-11-10-19(27)14-20(23)26(33)32(24)30-15-18-12-21(28)25(22(29)13-18)34-16-17-7-5-4-6-8-17/h4-8,10-15H,2-3,9,16H2,1H3. The van der Waals surface area contributed by atoms with Gasteiger partial charge in [0.2, 0.25) is 0 Å². The maximum absolute atomic E-state index is 13.3. The molecule has 0 fully saturated rings. The molecule has 0 amide bonds. The van der Waals surface area contributed by atoms with Crippen molar-refractivity contribution in [2.75, 3.05) is 0 Å². The van der Waals surface area contributed by atoms with Gasteiger partial charge in [-0.05, 0) is 93.1 Å². The van der Waals surface area contributed by atoms with Gasteiger partial charge >= 0.3 is 0 Å². The summed E-state index contributed by atoms with van der Waals surface area (Å²) in [4.78, 5) is 18.0. The molecular weight excluding hydrogens is 720 g/mol. The molecule has 1 aromatic heterocycles. The Morgan fingerprint density at radius 2 is 1.82 bits per heavy atom. The normalized spacial score (nSPS) is 11.4. The van der Waals surface area contributed by atoms with Crippen LogP contribution in [0.3, 0.4) is 0 Å². The first-order valence-corrected chi connectivity index (χ1v) is 13.8. The van der Waals surface area contributed by atoms with Crippen LogP contribution in [0.1, 0.15) is 36.7 Å². The molecule has 5 nitrogen and oxygen atoms in total. The van der Waals surface area contributed by atoms with Crippen molar-refractivity contribution in [1.82, 2.24) is 9.66 Å². The van der Waals surface area contributed by atoms with Crippen molar-refractivity contribution >= 4 is 78.2 Å². The van der Waals surface area contributed by atoms with Crippen molar-refractivity contribution in [3.63, 3.8) is 0 Å². The fraction of sp³-hybridized carbons (Fsp3) is 0.192. The predicted octanol–water partition coefficient (Wildman–Crippen LogP) is 7.17. The molecule has 8 heteroatoms. The van der Waals surface area contributed by atoms with Crippen molar-refractivity contribution in [2.45, 2.75) is 32.8 Å². The van der Waals surface area contributed by atoms with Gasteiger partial charge in [-0.15, -0.1) is 0 Å². The molecule has 4 aromatic rings. The van der Waals surface area contributed by atoms with E-state index >= 15 is 0 Å². The van der Waals surface area contributed by atoms with E-state index in [1.54, 1.807) is 12.3 Å². The van der Waals surface area contributed by atoms with Gasteiger partial charge in [0.05, 0.1) is 24.3 Å². The molecule has 0 saturated carbocycles. The Hall–Kier alpha value is -1.79. The number of hydrogen-bond acceptors (Lipinski definition) is 4. The van der Waals surface area contributed by atoms with Crippen molar-refractivity contribution in [2.24, 2.45) is 5.10 Å². The summed E-state index contributed by atoms with van der Waals surface area (Å²) in [5.74, 6) is 1.52. The number of benzene rings is 3. The quantitative estimate of drug-likeness (QED) is 0.142. The average molecular weight is 742 g/mol. The van der Waals surface area contributed by atoms with Crippen LogP contribution in [0.2, 0.25) is 0 Å². The number of halogens is 3. The van der Waals surface area contributed by atoms with Gasteiger partial charge in [0.15, 0.2) is 0 Å². The molecule has 0 unspecified atom stereocenters. The summed E-state index contributed by atoms with van der Waals surface area (Å²) in [5.41, 5.74) is 2.54. The van der Waals surface area contributed by atoms with E-state index in [1.165, 1.54) is 4.68 Å². The van der Waals surface area contributed by atoms with Gasteiger partial charge in [0.1, 0.15) is 18.2 Å². The Morgan fingerprint density at radius 3 is 2.53 bits per heavy atom. The predicted molar refractivity (Wildman–Crippen MR) is 158 cm³/mol. The molecule has 0 saturated heterocycles. The van der Waals surface area contributed by atoms with Crippen LogP contribution in [-0.2, 0) is 13.0 Å².